The molecule has 1 rings (SSSR count). The second-order valence-electron chi connectivity index (χ2n) is 5.00. The Kier molecular flexibility index (Phi) is 6.45. The predicted molar refractivity (Wildman–Crippen MR) is 76.6 cm³/mol. The highest BCUT2D eigenvalue weighted by Gasteiger charge is 1.99. The van der Waals surface area contributed by atoms with Crippen molar-refractivity contribution < 1.29 is 0 Å². The Morgan fingerprint density at radius 1 is 1.53 bits per heavy atom. The van der Waals surface area contributed by atoms with Crippen LogP contribution in [0.15, 0.2) is 17.0 Å². The zero-order valence-corrected chi connectivity index (χ0v) is 12.2. The van der Waals surface area contributed by atoms with Gasteiger partial charge in [-0.25, -0.2) is 4.98 Å². The Hall–Kier alpha value is -0.670. The van der Waals surface area contributed by atoms with Gasteiger partial charge in [0.1, 0.15) is 0 Å². The molecule has 0 unspecified atom stereocenters. The zero-order valence-electron chi connectivity index (χ0n) is 11.4. The molecule has 96 valence electrons. The van der Waals surface area contributed by atoms with Crippen molar-refractivity contribution in [2.24, 2.45) is 5.92 Å². The van der Waals surface area contributed by atoms with Crippen LogP contribution in [0.2, 0.25) is 0 Å². The van der Waals surface area contributed by atoms with Gasteiger partial charge >= 0.3 is 0 Å². The van der Waals surface area contributed by atoms with Crippen molar-refractivity contribution in [2.75, 3.05) is 13.1 Å². The minimum atomic E-state index is 0.735. The summed E-state index contributed by atoms with van der Waals surface area (Å²) in [5, 5.41) is 6.80. The first-order chi connectivity index (χ1) is 8.08. The molecule has 0 saturated carbocycles. The number of aryl methyl sites for hydroxylation is 1. The molecule has 2 nitrogen and oxygen atoms in total. The number of allylic oxidation sites excluding steroid dienone is 1. The molecule has 0 bridgehead atoms. The van der Waals surface area contributed by atoms with Gasteiger partial charge in [-0.2, -0.15) is 0 Å². The van der Waals surface area contributed by atoms with Crippen LogP contribution in [0.1, 0.15) is 37.9 Å². The van der Waals surface area contributed by atoms with E-state index in [1.807, 2.05) is 0 Å². The van der Waals surface area contributed by atoms with E-state index in [9.17, 15) is 0 Å². The lowest BCUT2D eigenvalue weighted by molar-refractivity contribution is 0.556. The molecule has 0 amide bonds. The van der Waals surface area contributed by atoms with Gasteiger partial charge < -0.3 is 5.32 Å². The van der Waals surface area contributed by atoms with Crippen LogP contribution in [0.3, 0.4) is 0 Å². The standard InChI is InChI=1S/C14H24N2S/c1-11(2)9-15-7-5-6-12(3)8-14-16-13(4)10-17-14/h6,10-11,15H,5,7-9H2,1-4H3. The largest absolute Gasteiger partial charge is 0.316 e. The molecule has 0 aliphatic carbocycles. The highest BCUT2D eigenvalue weighted by atomic mass is 32.1. The van der Waals surface area contributed by atoms with Crippen LogP contribution in [0, 0.1) is 12.8 Å². The first kappa shape index (κ1) is 14.4. The molecule has 0 fully saturated rings. The summed E-state index contributed by atoms with van der Waals surface area (Å²) < 4.78 is 0. The van der Waals surface area contributed by atoms with Crippen molar-refractivity contribution in [1.82, 2.24) is 10.3 Å². The molecule has 0 aliphatic heterocycles. The van der Waals surface area contributed by atoms with Gasteiger partial charge in [0.05, 0.1) is 5.01 Å². The number of nitrogens with zero attached hydrogens (tertiary/aromatic N) is 1. The third kappa shape index (κ3) is 6.59. The third-order valence-corrected chi connectivity index (χ3v) is 3.43. The molecular weight excluding hydrogens is 228 g/mol. The van der Waals surface area contributed by atoms with Gasteiger partial charge in [0.15, 0.2) is 0 Å². The maximum atomic E-state index is 4.48. The molecule has 0 atom stereocenters. The normalized spacial score (nSPS) is 12.4. The molecule has 0 aliphatic rings. The van der Waals surface area contributed by atoms with E-state index in [0.29, 0.717) is 0 Å². The van der Waals surface area contributed by atoms with Gasteiger partial charge in [-0.15, -0.1) is 11.3 Å². The highest BCUT2D eigenvalue weighted by Crippen LogP contribution is 2.13. The lowest BCUT2D eigenvalue weighted by atomic mass is 10.2. The van der Waals surface area contributed by atoms with Crippen LogP contribution in [0.25, 0.3) is 0 Å². The van der Waals surface area contributed by atoms with Crippen molar-refractivity contribution in [3.63, 3.8) is 0 Å². The Labute approximate surface area is 109 Å². The quantitative estimate of drug-likeness (QED) is 0.593. The van der Waals surface area contributed by atoms with E-state index in [-0.39, 0.29) is 0 Å². The van der Waals surface area contributed by atoms with Crippen LogP contribution < -0.4 is 5.32 Å². The SMILES string of the molecule is CC(=CCCNCC(C)C)Cc1nc(C)cs1. The average molecular weight is 252 g/mol. The summed E-state index contributed by atoms with van der Waals surface area (Å²) in [5.41, 5.74) is 2.56. The van der Waals surface area contributed by atoms with Crippen LogP contribution in [-0.2, 0) is 6.42 Å². The summed E-state index contributed by atoms with van der Waals surface area (Å²) >= 11 is 1.76. The van der Waals surface area contributed by atoms with Crippen LogP contribution in [0.4, 0.5) is 0 Å². The van der Waals surface area contributed by atoms with Crippen molar-refractivity contribution in [3.05, 3.63) is 27.7 Å². The van der Waals surface area contributed by atoms with Crippen molar-refractivity contribution >= 4 is 11.3 Å². The fraction of sp³-hybridized carbons (Fsp3) is 0.643. The zero-order chi connectivity index (χ0) is 12.7. The predicted octanol–water partition coefficient (Wildman–Crippen LogP) is 3.58. The van der Waals surface area contributed by atoms with Gasteiger partial charge in [-0.05, 0) is 39.3 Å². The van der Waals surface area contributed by atoms with Crippen LogP contribution >= 0.6 is 11.3 Å². The highest BCUT2D eigenvalue weighted by molar-refractivity contribution is 7.09. The van der Waals surface area contributed by atoms with Gasteiger partial charge in [-0.3, -0.25) is 0 Å². The molecule has 1 aromatic rings. The first-order valence-corrected chi connectivity index (χ1v) is 7.23. The van der Waals surface area contributed by atoms with E-state index in [4.69, 9.17) is 0 Å². The van der Waals surface area contributed by atoms with E-state index in [2.05, 4.69) is 49.5 Å². The topological polar surface area (TPSA) is 24.9 Å². The number of hydrogen-bond acceptors (Lipinski definition) is 3. The Morgan fingerprint density at radius 2 is 2.29 bits per heavy atom. The minimum Gasteiger partial charge on any atom is -0.316 e. The van der Waals surface area contributed by atoms with Gasteiger partial charge in [0, 0.05) is 17.5 Å². The molecule has 1 N–H and O–H groups in total. The fourth-order valence-corrected chi connectivity index (χ4v) is 2.47. The van der Waals surface area contributed by atoms with E-state index in [1.54, 1.807) is 11.3 Å². The first-order valence-electron chi connectivity index (χ1n) is 6.35. The lowest BCUT2D eigenvalue weighted by Crippen LogP contribution is -2.20. The van der Waals surface area contributed by atoms with Crippen molar-refractivity contribution in [1.29, 1.82) is 0 Å². The molecule has 1 heterocycles. The smallest absolute Gasteiger partial charge is 0.0968 e. The van der Waals surface area contributed by atoms with E-state index >= 15 is 0 Å². The molecule has 0 aromatic carbocycles. The van der Waals surface area contributed by atoms with Crippen molar-refractivity contribution in [2.45, 2.75) is 40.5 Å². The molecule has 0 spiro atoms. The van der Waals surface area contributed by atoms with Gasteiger partial charge in [0.25, 0.3) is 0 Å². The summed E-state index contributed by atoms with van der Waals surface area (Å²) in [6.07, 6.45) is 4.44. The maximum Gasteiger partial charge on any atom is 0.0968 e. The Bertz CT molecular complexity index is 353. The third-order valence-electron chi connectivity index (χ3n) is 2.46. The number of thiazole rings is 1. The number of rotatable bonds is 7. The van der Waals surface area contributed by atoms with Crippen LogP contribution in [0.5, 0.6) is 0 Å². The van der Waals surface area contributed by atoms with Gasteiger partial charge in [-0.1, -0.05) is 25.5 Å². The van der Waals surface area contributed by atoms with E-state index < -0.39 is 0 Å². The molecule has 17 heavy (non-hydrogen) atoms. The molecule has 0 radical (unpaired) electrons. The Morgan fingerprint density at radius 3 is 2.88 bits per heavy atom. The molecular formula is C14H24N2S. The Balaban J connectivity index is 2.21. The number of aromatic nitrogens is 1. The van der Waals surface area contributed by atoms with Gasteiger partial charge in [0.2, 0.25) is 0 Å². The summed E-state index contributed by atoms with van der Waals surface area (Å²) in [6.45, 7) is 10.9. The lowest BCUT2D eigenvalue weighted by Gasteiger charge is -2.05. The molecule has 1 aromatic heterocycles. The summed E-state index contributed by atoms with van der Waals surface area (Å²) in [4.78, 5) is 4.48. The molecule has 3 heteroatoms. The second kappa shape index (κ2) is 7.62. The number of hydrogen-bond donors (Lipinski definition) is 1. The van der Waals surface area contributed by atoms with Crippen molar-refractivity contribution in [3.8, 4) is 0 Å². The summed E-state index contributed by atoms with van der Waals surface area (Å²) in [7, 11) is 0. The maximum absolute atomic E-state index is 4.48. The monoisotopic (exact) mass is 252 g/mol. The van der Waals surface area contributed by atoms with E-state index in [1.165, 1.54) is 10.6 Å². The summed E-state index contributed by atoms with van der Waals surface area (Å²) in [6, 6.07) is 0. The second-order valence-corrected chi connectivity index (χ2v) is 5.94. The average Bonchev–Trinajstić information content (AvgIpc) is 2.63. The molecule has 0 saturated heterocycles. The van der Waals surface area contributed by atoms with E-state index in [0.717, 1.165) is 37.5 Å². The number of nitrogens with one attached hydrogen (secondary N) is 1. The van der Waals surface area contributed by atoms with Crippen LogP contribution in [-0.4, -0.2) is 18.1 Å². The fourth-order valence-electron chi connectivity index (χ4n) is 1.61. The summed E-state index contributed by atoms with van der Waals surface area (Å²) in [5.74, 6) is 0.735. The minimum absolute atomic E-state index is 0.735.